The van der Waals surface area contributed by atoms with E-state index in [1.165, 1.54) is 25.9 Å². The van der Waals surface area contributed by atoms with E-state index in [1.54, 1.807) is 0 Å². The normalized spacial score (nSPS) is 22.9. The van der Waals surface area contributed by atoms with Gasteiger partial charge in [-0.2, -0.15) is 0 Å². The molecule has 0 radical (unpaired) electrons. The molecule has 0 aromatic carbocycles. The first-order valence-corrected chi connectivity index (χ1v) is 6.38. The molecule has 90 valence electrons. The summed E-state index contributed by atoms with van der Waals surface area (Å²) in [6.45, 7) is 10.3. The van der Waals surface area contributed by atoms with Crippen molar-refractivity contribution in [2.24, 2.45) is 5.92 Å². The Labute approximate surface area is 98.5 Å². The van der Waals surface area contributed by atoms with Crippen molar-refractivity contribution >= 4 is 0 Å². The molecule has 1 aliphatic heterocycles. The van der Waals surface area contributed by atoms with Crippen LogP contribution in [0, 0.1) is 12.8 Å². The van der Waals surface area contributed by atoms with Crippen molar-refractivity contribution in [3.05, 3.63) is 18.2 Å². The van der Waals surface area contributed by atoms with Gasteiger partial charge in [-0.3, -0.25) is 0 Å². The minimum Gasteiger partial charge on any atom is -0.335 e. The Kier molecular flexibility index (Phi) is 3.64. The second kappa shape index (κ2) is 5.00. The zero-order chi connectivity index (χ0) is 11.5. The quantitative estimate of drug-likeness (QED) is 0.781. The van der Waals surface area contributed by atoms with Crippen LogP contribution >= 0.6 is 0 Å². The average Bonchev–Trinajstić information content (AvgIpc) is 2.65. The van der Waals surface area contributed by atoms with Crippen molar-refractivity contribution in [3.8, 4) is 0 Å². The van der Waals surface area contributed by atoms with Crippen molar-refractivity contribution < 1.29 is 0 Å². The molecule has 1 aromatic heterocycles. The summed E-state index contributed by atoms with van der Waals surface area (Å²) in [5.74, 6) is 1.94. The van der Waals surface area contributed by atoms with Gasteiger partial charge >= 0.3 is 0 Å². The standard InChI is InChI=1S/C13H23N3/c1-11(2)15-7-4-5-13(9-15)10-16-8-6-14-12(16)3/h6,8,11,13H,4-5,7,9-10H2,1-3H3/t13-/m1/s1. The van der Waals surface area contributed by atoms with Gasteiger partial charge in [0.15, 0.2) is 0 Å². The zero-order valence-electron chi connectivity index (χ0n) is 10.7. The lowest BCUT2D eigenvalue weighted by molar-refractivity contribution is 0.130. The van der Waals surface area contributed by atoms with Crippen molar-refractivity contribution in [2.45, 2.75) is 46.2 Å². The summed E-state index contributed by atoms with van der Waals surface area (Å²) in [7, 11) is 0. The zero-order valence-corrected chi connectivity index (χ0v) is 10.7. The van der Waals surface area contributed by atoms with Gasteiger partial charge in [0.1, 0.15) is 5.82 Å². The van der Waals surface area contributed by atoms with Crippen LogP contribution in [-0.4, -0.2) is 33.6 Å². The first-order chi connectivity index (χ1) is 7.66. The van der Waals surface area contributed by atoms with Gasteiger partial charge in [0, 0.05) is 31.5 Å². The highest BCUT2D eigenvalue weighted by Crippen LogP contribution is 2.20. The van der Waals surface area contributed by atoms with Gasteiger partial charge in [0.25, 0.3) is 0 Å². The molecule has 0 aliphatic carbocycles. The molecule has 0 saturated carbocycles. The van der Waals surface area contributed by atoms with Crippen LogP contribution in [0.3, 0.4) is 0 Å². The monoisotopic (exact) mass is 221 g/mol. The van der Waals surface area contributed by atoms with Gasteiger partial charge in [0.05, 0.1) is 0 Å². The number of piperidine rings is 1. The molecule has 1 aromatic rings. The minimum atomic E-state index is 0.687. The maximum atomic E-state index is 4.29. The maximum Gasteiger partial charge on any atom is 0.105 e. The number of nitrogens with zero attached hydrogens (tertiary/aromatic N) is 3. The summed E-state index contributed by atoms with van der Waals surface area (Å²) in [5.41, 5.74) is 0. The third-order valence-electron chi connectivity index (χ3n) is 3.66. The average molecular weight is 221 g/mol. The van der Waals surface area contributed by atoms with Gasteiger partial charge in [-0.05, 0) is 46.1 Å². The fraction of sp³-hybridized carbons (Fsp3) is 0.769. The summed E-state index contributed by atoms with van der Waals surface area (Å²) in [5, 5.41) is 0. The molecule has 1 aliphatic rings. The van der Waals surface area contributed by atoms with E-state index in [2.05, 4.69) is 41.4 Å². The molecular weight excluding hydrogens is 198 g/mol. The topological polar surface area (TPSA) is 21.1 Å². The molecule has 1 atom stereocenters. The fourth-order valence-electron chi connectivity index (χ4n) is 2.59. The third kappa shape index (κ3) is 2.64. The first kappa shape index (κ1) is 11.6. The Balaban J connectivity index is 1.93. The van der Waals surface area contributed by atoms with E-state index in [0.717, 1.165) is 18.3 Å². The molecular formula is C13H23N3. The molecule has 2 rings (SSSR count). The second-order valence-corrected chi connectivity index (χ2v) is 5.22. The van der Waals surface area contributed by atoms with Gasteiger partial charge < -0.3 is 9.47 Å². The van der Waals surface area contributed by atoms with Crippen LogP contribution in [0.1, 0.15) is 32.5 Å². The molecule has 0 amide bonds. The van der Waals surface area contributed by atoms with Crippen LogP contribution in [0.4, 0.5) is 0 Å². The lowest BCUT2D eigenvalue weighted by Crippen LogP contribution is -2.41. The number of hydrogen-bond acceptors (Lipinski definition) is 2. The predicted octanol–water partition coefficient (Wildman–Crippen LogP) is 2.31. The van der Waals surface area contributed by atoms with Crippen LogP contribution in [0.5, 0.6) is 0 Å². The predicted molar refractivity (Wildman–Crippen MR) is 66.4 cm³/mol. The molecule has 3 heteroatoms. The summed E-state index contributed by atoms with van der Waals surface area (Å²) in [6.07, 6.45) is 6.71. The molecule has 0 bridgehead atoms. The number of rotatable bonds is 3. The Morgan fingerprint density at radius 1 is 1.50 bits per heavy atom. The summed E-state index contributed by atoms with van der Waals surface area (Å²) >= 11 is 0. The second-order valence-electron chi connectivity index (χ2n) is 5.22. The van der Waals surface area contributed by atoms with E-state index >= 15 is 0 Å². The summed E-state index contributed by atoms with van der Waals surface area (Å²) < 4.78 is 2.29. The number of hydrogen-bond donors (Lipinski definition) is 0. The number of imidazole rings is 1. The van der Waals surface area contributed by atoms with Crippen LogP contribution in [-0.2, 0) is 6.54 Å². The highest BCUT2D eigenvalue weighted by molar-refractivity contribution is 4.89. The van der Waals surface area contributed by atoms with E-state index < -0.39 is 0 Å². The van der Waals surface area contributed by atoms with Gasteiger partial charge in [0.2, 0.25) is 0 Å². The molecule has 1 saturated heterocycles. The summed E-state index contributed by atoms with van der Waals surface area (Å²) in [6, 6.07) is 0.687. The number of aryl methyl sites for hydroxylation is 1. The van der Waals surface area contributed by atoms with Crippen LogP contribution in [0.25, 0.3) is 0 Å². The van der Waals surface area contributed by atoms with Crippen LogP contribution in [0.2, 0.25) is 0 Å². The molecule has 0 unspecified atom stereocenters. The molecule has 1 fully saturated rings. The first-order valence-electron chi connectivity index (χ1n) is 6.38. The minimum absolute atomic E-state index is 0.687. The van der Waals surface area contributed by atoms with E-state index in [-0.39, 0.29) is 0 Å². The van der Waals surface area contributed by atoms with E-state index in [0.29, 0.717) is 6.04 Å². The van der Waals surface area contributed by atoms with Crippen molar-refractivity contribution in [1.29, 1.82) is 0 Å². The fourth-order valence-corrected chi connectivity index (χ4v) is 2.59. The lowest BCUT2D eigenvalue weighted by Gasteiger charge is -2.35. The molecule has 3 nitrogen and oxygen atoms in total. The van der Waals surface area contributed by atoms with Crippen LogP contribution < -0.4 is 0 Å². The largest absolute Gasteiger partial charge is 0.335 e. The Bertz CT molecular complexity index is 330. The lowest BCUT2D eigenvalue weighted by atomic mass is 9.97. The van der Waals surface area contributed by atoms with E-state index in [4.69, 9.17) is 0 Å². The number of likely N-dealkylation sites (tertiary alicyclic amines) is 1. The third-order valence-corrected chi connectivity index (χ3v) is 3.66. The molecule has 16 heavy (non-hydrogen) atoms. The van der Waals surface area contributed by atoms with Gasteiger partial charge in [-0.25, -0.2) is 4.98 Å². The number of aromatic nitrogens is 2. The Morgan fingerprint density at radius 2 is 2.31 bits per heavy atom. The van der Waals surface area contributed by atoms with Crippen molar-refractivity contribution in [3.63, 3.8) is 0 Å². The molecule has 0 N–H and O–H groups in total. The maximum absolute atomic E-state index is 4.29. The van der Waals surface area contributed by atoms with Crippen LogP contribution in [0.15, 0.2) is 12.4 Å². The molecule has 0 spiro atoms. The Morgan fingerprint density at radius 3 is 2.94 bits per heavy atom. The van der Waals surface area contributed by atoms with Gasteiger partial charge in [-0.1, -0.05) is 0 Å². The molecule has 2 heterocycles. The highest BCUT2D eigenvalue weighted by Gasteiger charge is 2.21. The van der Waals surface area contributed by atoms with Crippen molar-refractivity contribution in [1.82, 2.24) is 14.5 Å². The van der Waals surface area contributed by atoms with E-state index in [1.807, 2.05) is 6.20 Å². The van der Waals surface area contributed by atoms with Gasteiger partial charge in [-0.15, -0.1) is 0 Å². The van der Waals surface area contributed by atoms with Crippen molar-refractivity contribution in [2.75, 3.05) is 13.1 Å². The summed E-state index contributed by atoms with van der Waals surface area (Å²) in [4.78, 5) is 6.88. The Hall–Kier alpha value is -0.830. The smallest absolute Gasteiger partial charge is 0.105 e. The van der Waals surface area contributed by atoms with E-state index in [9.17, 15) is 0 Å². The SMILES string of the molecule is Cc1nccn1C[C@@H]1CCCN(C(C)C)C1. The highest BCUT2D eigenvalue weighted by atomic mass is 15.2.